The van der Waals surface area contributed by atoms with Gasteiger partial charge in [-0.1, -0.05) is 18.2 Å². The number of anilines is 1. The molecular formula is C15H13BrN2. The van der Waals surface area contributed by atoms with Crippen LogP contribution < -0.4 is 4.90 Å². The van der Waals surface area contributed by atoms with Gasteiger partial charge in [0.05, 0.1) is 21.2 Å². The van der Waals surface area contributed by atoms with Crippen molar-refractivity contribution in [3.8, 4) is 0 Å². The second-order valence-corrected chi connectivity index (χ2v) is 5.33. The molecule has 1 aromatic heterocycles. The highest BCUT2D eigenvalue weighted by Crippen LogP contribution is 2.33. The van der Waals surface area contributed by atoms with Crippen LogP contribution in [0, 0.1) is 0 Å². The monoisotopic (exact) mass is 300 g/mol. The molecule has 90 valence electrons. The van der Waals surface area contributed by atoms with Crippen LogP contribution in [0.3, 0.4) is 0 Å². The lowest BCUT2D eigenvalue weighted by Gasteiger charge is -2.16. The quantitative estimate of drug-likeness (QED) is 0.626. The summed E-state index contributed by atoms with van der Waals surface area (Å²) in [7, 11) is 4.08. The molecule has 0 atom stereocenters. The van der Waals surface area contributed by atoms with E-state index in [9.17, 15) is 0 Å². The van der Waals surface area contributed by atoms with Crippen LogP contribution in [0.2, 0.25) is 0 Å². The first kappa shape index (κ1) is 11.5. The van der Waals surface area contributed by atoms with Crippen molar-refractivity contribution in [2.24, 2.45) is 0 Å². The predicted molar refractivity (Wildman–Crippen MR) is 81.3 cm³/mol. The maximum atomic E-state index is 4.69. The number of nitrogens with zero attached hydrogens (tertiary/aromatic N) is 2. The minimum Gasteiger partial charge on any atom is -0.377 e. The average Bonchev–Trinajstić information content (AvgIpc) is 2.37. The van der Waals surface area contributed by atoms with E-state index in [1.165, 1.54) is 11.1 Å². The van der Waals surface area contributed by atoms with Crippen molar-refractivity contribution < 1.29 is 0 Å². The molecule has 0 spiro atoms. The zero-order valence-electron chi connectivity index (χ0n) is 10.3. The Bertz CT molecular complexity index is 735. The summed E-state index contributed by atoms with van der Waals surface area (Å²) in [6.07, 6.45) is 0. The molecule has 18 heavy (non-hydrogen) atoms. The minimum absolute atomic E-state index is 1.02. The number of benzene rings is 2. The van der Waals surface area contributed by atoms with E-state index in [0.29, 0.717) is 0 Å². The lowest BCUT2D eigenvalue weighted by molar-refractivity contribution is 1.13. The molecule has 0 fully saturated rings. The summed E-state index contributed by atoms with van der Waals surface area (Å²) < 4.78 is 1.10. The SMILES string of the molecule is CN(C)c1ccc2nc3ccccc3cc2c1Br. The zero-order chi connectivity index (χ0) is 12.7. The van der Waals surface area contributed by atoms with Crippen LogP contribution in [0.5, 0.6) is 0 Å². The Balaban J connectivity index is 2.40. The Morgan fingerprint density at radius 3 is 2.56 bits per heavy atom. The van der Waals surface area contributed by atoms with Gasteiger partial charge in [0.2, 0.25) is 0 Å². The molecule has 0 saturated carbocycles. The van der Waals surface area contributed by atoms with Crippen molar-refractivity contribution in [1.82, 2.24) is 4.98 Å². The summed E-state index contributed by atoms with van der Waals surface area (Å²) in [6.45, 7) is 0. The third-order valence-corrected chi connectivity index (χ3v) is 3.93. The van der Waals surface area contributed by atoms with Crippen LogP contribution in [0.4, 0.5) is 5.69 Å². The van der Waals surface area contributed by atoms with E-state index < -0.39 is 0 Å². The molecule has 1 heterocycles. The number of hydrogen-bond donors (Lipinski definition) is 0. The van der Waals surface area contributed by atoms with E-state index in [1.54, 1.807) is 0 Å². The predicted octanol–water partition coefficient (Wildman–Crippen LogP) is 4.22. The van der Waals surface area contributed by atoms with Crippen molar-refractivity contribution in [3.63, 3.8) is 0 Å². The molecule has 0 amide bonds. The van der Waals surface area contributed by atoms with E-state index in [1.807, 2.05) is 32.3 Å². The topological polar surface area (TPSA) is 16.1 Å². The first-order valence-corrected chi connectivity index (χ1v) is 6.61. The molecule has 3 rings (SSSR count). The Kier molecular flexibility index (Phi) is 2.71. The first-order valence-electron chi connectivity index (χ1n) is 5.82. The molecule has 0 aliphatic rings. The lowest BCUT2D eigenvalue weighted by Crippen LogP contribution is -2.09. The average molecular weight is 301 g/mol. The highest BCUT2D eigenvalue weighted by Gasteiger charge is 2.08. The van der Waals surface area contributed by atoms with Gasteiger partial charge < -0.3 is 4.90 Å². The normalized spacial score (nSPS) is 11.1. The number of para-hydroxylation sites is 1. The number of halogens is 1. The van der Waals surface area contributed by atoms with Gasteiger partial charge in [-0.2, -0.15) is 0 Å². The molecule has 0 bridgehead atoms. The van der Waals surface area contributed by atoms with Crippen LogP contribution in [-0.2, 0) is 0 Å². The summed E-state index contributed by atoms with van der Waals surface area (Å²) in [5.41, 5.74) is 3.22. The third-order valence-electron chi connectivity index (χ3n) is 3.10. The Morgan fingerprint density at radius 1 is 1.00 bits per heavy atom. The second-order valence-electron chi connectivity index (χ2n) is 4.54. The number of hydrogen-bond acceptors (Lipinski definition) is 2. The van der Waals surface area contributed by atoms with Gasteiger partial charge in [-0.05, 0) is 40.2 Å². The molecule has 3 aromatic rings. The van der Waals surface area contributed by atoms with Gasteiger partial charge in [0, 0.05) is 24.9 Å². The van der Waals surface area contributed by atoms with Crippen LogP contribution in [0.15, 0.2) is 46.9 Å². The standard InChI is InChI=1S/C15H13BrN2/c1-18(2)14-8-7-13-11(15(14)16)9-10-5-3-4-6-12(10)17-13/h3-9H,1-2H3. The summed E-state index contributed by atoms with van der Waals surface area (Å²) in [6, 6.07) is 14.5. The third kappa shape index (κ3) is 1.75. The van der Waals surface area contributed by atoms with Gasteiger partial charge in [-0.15, -0.1) is 0 Å². The van der Waals surface area contributed by atoms with Gasteiger partial charge >= 0.3 is 0 Å². The summed E-state index contributed by atoms with van der Waals surface area (Å²) in [5, 5.41) is 2.32. The molecular weight excluding hydrogens is 288 g/mol. The summed E-state index contributed by atoms with van der Waals surface area (Å²) >= 11 is 3.69. The number of rotatable bonds is 1. The molecule has 2 nitrogen and oxygen atoms in total. The largest absolute Gasteiger partial charge is 0.377 e. The summed E-state index contributed by atoms with van der Waals surface area (Å²) in [4.78, 5) is 6.79. The minimum atomic E-state index is 1.02. The fourth-order valence-electron chi connectivity index (χ4n) is 2.15. The Labute approximate surface area is 114 Å². The van der Waals surface area contributed by atoms with E-state index in [-0.39, 0.29) is 0 Å². The highest BCUT2D eigenvalue weighted by atomic mass is 79.9. The molecule has 3 heteroatoms. The van der Waals surface area contributed by atoms with Gasteiger partial charge in [0.1, 0.15) is 0 Å². The van der Waals surface area contributed by atoms with Crippen molar-refractivity contribution in [3.05, 3.63) is 46.9 Å². The fraction of sp³-hybridized carbons (Fsp3) is 0.133. The molecule has 0 aliphatic heterocycles. The number of pyridine rings is 1. The van der Waals surface area contributed by atoms with Crippen molar-refractivity contribution in [2.75, 3.05) is 19.0 Å². The van der Waals surface area contributed by atoms with Crippen LogP contribution in [0.1, 0.15) is 0 Å². The molecule has 0 aliphatic carbocycles. The van der Waals surface area contributed by atoms with Crippen molar-refractivity contribution >= 4 is 43.4 Å². The van der Waals surface area contributed by atoms with Crippen LogP contribution in [0.25, 0.3) is 21.8 Å². The van der Waals surface area contributed by atoms with Crippen LogP contribution >= 0.6 is 15.9 Å². The maximum Gasteiger partial charge on any atom is 0.0722 e. The van der Waals surface area contributed by atoms with Crippen LogP contribution in [-0.4, -0.2) is 19.1 Å². The molecule has 0 unspecified atom stereocenters. The number of fused-ring (bicyclic) bond motifs is 2. The van der Waals surface area contributed by atoms with E-state index in [4.69, 9.17) is 4.98 Å². The van der Waals surface area contributed by atoms with Crippen molar-refractivity contribution in [2.45, 2.75) is 0 Å². The second kappa shape index (κ2) is 4.25. The van der Waals surface area contributed by atoms with E-state index >= 15 is 0 Å². The highest BCUT2D eigenvalue weighted by molar-refractivity contribution is 9.10. The molecule has 0 saturated heterocycles. The number of aromatic nitrogens is 1. The maximum absolute atomic E-state index is 4.69. The fourth-order valence-corrected chi connectivity index (χ4v) is 2.95. The van der Waals surface area contributed by atoms with E-state index in [0.717, 1.165) is 20.9 Å². The van der Waals surface area contributed by atoms with Gasteiger partial charge in [0.15, 0.2) is 0 Å². The Morgan fingerprint density at radius 2 is 1.78 bits per heavy atom. The summed E-state index contributed by atoms with van der Waals surface area (Å²) in [5.74, 6) is 0. The lowest BCUT2D eigenvalue weighted by atomic mass is 10.1. The van der Waals surface area contributed by atoms with Gasteiger partial charge in [-0.3, -0.25) is 0 Å². The van der Waals surface area contributed by atoms with Gasteiger partial charge in [-0.25, -0.2) is 4.98 Å². The first-order chi connectivity index (χ1) is 8.66. The smallest absolute Gasteiger partial charge is 0.0722 e. The molecule has 0 N–H and O–H groups in total. The Hall–Kier alpha value is -1.61. The van der Waals surface area contributed by atoms with Gasteiger partial charge in [0.25, 0.3) is 0 Å². The molecule has 0 radical (unpaired) electrons. The van der Waals surface area contributed by atoms with E-state index in [2.05, 4.69) is 45.1 Å². The van der Waals surface area contributed by atoms with Crippen molar-refractivity contribution in [1.29, 1.82) is 0 Å². The zero-order valence-corrected chi connectivity index (χ0v) is 11.9. The molecule has 2 aromatic carbocycles.